The first-order valence-corrected chi connectivity index (χ1v) is 8.59. The molecule has 0 aliphatic rings. The first kappa shape index (κ1) is 17.9. The summed E-state index contributed by atoms with van der Waals surface area (Å²) in [5.41, 5.74) is 2.49. The molecule has 0 atom stereocenters. The number of likely N-dealkylation sites (N-methyl/N-ethyl adjacent to an activating group) is 1. The summed E-state index contributed by atoms with van der Waals surface area (Å²) in [5.74, 6) is 0. The lowest BCUT2D eigenvalue weighted by Crippen LogP contribution is -2.31. The van der Waals surface area contributed by atoms with E-state index in [4.69, 9.17) is 4.74 Å². The third kappa shape index (κ3) is 4.43. The predicted molar refractivity (Wildman–Crippen MR) is 86.4 cm³/mol. The molecule has 5 nitrogen and oxygen atoms in total. The zero-order valence-electron chi connectivity index (χ0n) is 13.6. The van der Waals surface area contributed by atoms with Gasteiger partial charge in [-0.15, -0.1) is 0 Å². The topological polar surface area (TPSA) is 58.6 Å². The van der Waals surface area contributed by atoms with Crippen molar-refractivity contribution >= 4 is 15.7 Å². The molecule has 1 N–H and O–H groups in total. The van der Waals surface area contributed by atoms with Crippen molar-refractivity contribution in [3.05, 3.63) is 23.3 Å². The Balaban J connectivity index is 3.12. The van der Waals surface area contributed by atoms with Crippen LogP contribution >= 0.6 is 0 Å². The molecule has 1 aromatic rings. The molecule has 0 heterocycles. The molecular formula is C15H26N2O3S. The minimum absolute atomic E-state index is 0.341. The van der Waals surface area contributed by atoms with Crippen LogP contribution in [0.3, 0.4) is 0 Å². The fraction of sp³-hybridized carbons (Fsp3) is 0.600. The number of benzene rings is 1. The van der Waals surface area contributed by atoms with E-state index < -0.39 is 10.0 Å². The molecule has 0 aliphatic heterocycles. The van der Waals surface area contributed by atoms with Crippen LogP contribution in [0.15, 0.2) is 17.0 Å². The first-order chi connectivity index (χ1) is 9.84. The number of hydrogen-bond donors (Lipinski definition) is 1. The molecule has 0 unspecified atom stereocenters. The molecule has 0 saturated carbocycles. The Morgan fingerprint density at radius 2 is 1.81 bits per heavy atom. The van der Waals surface area contributed by atoms with E-state index in [0.717, 1.165) is 29.8 Å². The molecule has 0 saturated heterocycles. The molecule has 120 valence electrons. The lowest BCUT2D eigenvalue weighted by molar-refractivity contribution is 0.185. The van der Waals surface area contributed by atoms with E-state index in [0.29, 0.717) is 18.0 Å². The van der Waals surface area contributed by atoms with Gasteiger partial charge < -0.3 is 10.1 Å². The standard InChI is InChI=1S/C15H26N2O3S/c1-6-7-16-14-10-12(2)15(13(3)11-14)21(18,19)17(4)8-9-20-5/h10-11,16H,6-9H2,1-5H3. The third-order valence-corrected chi connectivity index (χ3v) is 5.48. The number of rotatable bonds is 8. The van der Waals surface area contributed by atoms with Crippen LogP contribution in [0.4, 0.5) is 5.69 Å². The number of sulfonamides is 1. The quantitative estimate of drug-likeness (QED) is 0.800. The molecule has 1 rings (SSSR count). The maximum Gasteiger partial charge on any atom is 0.243 e. The second-order valence-corrected chi connectivity index (χ2v) is 7.17. The van der Waals surface area contributed by atoms with Crippen molar-refractivity contribution in [1.29, 1.82) is 0 Å². The van der Waals surface area contributed by atoms with E-state index in [-0.39, 0.29) is 0 Å². The SMILES string of the molecule is CCCNc1cc(C)c(S(=O)(=O)N(C)CCOC)c(C)c1. The van der Waals surface area contributed by atoms with Gasteiger partial charge in [-0.2, -0.15) is 4.31 Å². The van der Waals surface area contributed by atoms with Crippen molar-refractivity contribution < 1.29 is 13.2 Å². The molecule has 6 heteroatoms. The van der Waals surface area contributed by atoms with Crippen LogP contribution < -0.4 is 5.32 Å². The summed E-state index contributed by atoms with van der Waals surface area (Å²) < 4.78 is 31.6. The Labute approximate surface area is 128 Å². The second-order valence-electron chi connectivity index (χ2n) is 5.19. The van der Waals surface area contributed by atoms with Crippen LogP contribution in [-0.4, -0.2) is 46.6 Å². The maximum absolute atomic E-state index is 12.7. The lowest BCUT2D eigenvalue weighted by atomic mass is 10.1. The summed E-state index contributed by atoms with van der Waals surface area (Å²) in [6.45, 7) is 7.36. The number of hydrogen-bond acceptors (Lipinski definition) is 4. The van der Waals surface area contributed by atoms with E-state index in [1.807, 2.05) is 26.0 Å². The van der Waals surface area contributed by atoms with Crippen LogP contribution in [0.5, 0.6) is 0 Å². The van der Waals surface area contributed by atoms with Gasteiger partial charge in [0.2, 0.25) is 10.0 Å². The summed E-state index contributed by atoms with van der Waals surface area (Å²) in [7, 11) is -0.344. The van der Waals surface area contributed by atoms with Crippen LogP contribution in [-0.2, 0) is 14.8 Å². The van der Waals surface area contributed by atoms with Crippen molar-refractivity contribution in [3.8, 4) is 0 Å². The highest BCUT2D eigenvalue weighted by Crippen LogP contribution is 2.26. The van der Waals surface area contributed by atoms with E-state index in [9.17, 15) is 8.42 Å². The van der Waals surface area contributed by atoms with E-state index in [1.165, 1.54) is 4.31 Å². The third-order valence-electron chi connectivity index (χ3n) is 3.32. The molecule has 1 aromatic carbocycles. The van der Waals surface area contributed by atoms with Gasteiger partial charge in [-0.3, -0.25) is 0 Å². The number of nitrogens with zero attached hydrogens (tertiary/aromatic N) is 1. The second kappa shape index (κ2) is 7.77. The first-order valence-electron chi connectivity index (χ1n) is 7.15. The fourth-order valence-electron chi connectivity index (χ4n) is 2.22. The molecule has 0 aliphatic carbocycles. The van der Waals surface area contributed by atoms with Gasteiger partial charge in [-0.1, -0.05) is 6.92 Å². The van der Waals surface area contributed by atoms with E-state index in [1.54, 1.807) is 14.2 Å². The summed E-state index contributed by atoms with van der Waals surface area (Å²) in [4.78, 5) is 0.392. The van der Waals surface area contributed by atoms with Crippen molar-refractivity contribution in [2.45, 2.75) is 32.1 Å². The Morgan fingerprint density at radius 1 is 1.24 bits per heavy atom. The molecular weight excluding hydrogens is 288 g/mol. The molecule has 0 amide bonds. The van der Waals surface area contributed by atoms with Crippen LogP contribution in [0.2, 0.25) is 0 Å². The summed E-state index contributed by atoms with van der Waals surface area (Å²) in [6.07, 6.45) is 1.03. The fourth-order valence-corrected chi connectivity index (χ4v) is 3.78. The van der Waals surface area contributed by atoms with Gasteiger partial charge in [-0.25, -0.2) is 8.42 Å². The number of aryl methyl sites for hydroxylation is 2. The molecule has 0 fully saturated rings. The van der Waals surface area contributed by atoms with Crippen molar-refractivity contribution in [1.82, 2.24) is 4.31 Å². The zero-order valence-corrected chi connectivity index (χ0v) is 14.4. The Hall–Kier alpha value is -1.11. The normalized spacial score (nSPS) is 11.9. The predicted octanol–water partition coefficient (Wildman–Crippen LogP) is 2.39. The molecule has 0 aromatic heterocycles. The van der Waals surface area contributed by atoms with Crippen LogP contribution in [0.1, 0.15) is 24.5 Å². The van der Waals surface area contributed by atoms with E-state index >= 15 is 0 Å². The highest BCUT2D eigenvalue weighted by atomic mass is 32.2. The summed E-state index contributed by atoms with van der Waals surface area (Å²) in [6, 6.07) is 3.78. The summed E-state index contributed by atoms with van der Waals surface area (Å²) >= 11 is 0. The van der Waals surface area contributed by atoms with Crippen molar-refractivity contribution in [2.75, 3.05) is 39.2 Å². The Bertz CT molecular complexity index is 547. The molecule has 0 spiro atoms. The monoisotopic (exact) mass is 314 g/mol. The number of methoxy groups -OCH3 is 1. The van der Waals surface area contributed by atoms with Gasteiger partial charge in [0.15, 0.2) is 0 Å². The van der Waals surface area contributed by atoms with Gasteiger partial charge >= 0.3 is 0 Å². The lowest BCUT2D eigenvalue weighted by Gasteiger charge is -2.20. The Kier molecular flexibility index (Phi) is 6.64. The van der Waals surface area contributed by atoms with Gasteiger partial charge in [-0.05, 0) is 43.5 Å². The number of ether oxygens (including phenoxy) is 1. The smallest absolute Gasteiger partial charge is 0.243 e. The molecule has 0 radical (unpaired) electrons. The average Bonchev–Trinajstić information content (AvgIpc) is 2.41. The highest BCUT2D eigenvalue weighted by molar-refractivity contribution is 7.89. The van der Waals surface area contributed by atoms with Crippen molar-refractivity contribution in [3.63, 3.8) is 0 Å². The van der Waals surface area contributed by atoms with Gasteiger partial charge in [0.25, 0.3) is 0 Å². The van der Waals surface area contributed by atoms with Gasteiger partial charge in [0.1, 0.15) is 0 Å². The zero-order chi connectivity index (χ0) is 16.0. The Morgan fingerprint density at radius 3 is 2.29 bits per heavy atom. The molecule has 0 bridgehead atoms. The summed E-state index contributed by atoms with van der Waals surface area (Å²) in [5, 5.41) is 3.29. The minimum atomic E-state index is -3.48. The van der Waals surface area contributed by atoms with E-state index in [2.05, 4.69) is 12.2 Å². The van der Waals surface area contributed by atoms with Gasteiger partial charge in [0.05, 0.1) is 11.5 Å². The highest BCUT2D eigenvalue weighted by Gasteiger charge is 2.24. The van der Waals surface area contributed by atoms with Crippen LogP contribution in [0.25, 0.3) is 0 Å². The van der Waals surface area contributed by atoms with Crippen molar-refractivity contribution in [2.24, 2.45) is 0 Å². The largest absolute Gasteiger partial charge is 0.385 e. The maximum atomic E-state index is 12.7. The van der Waals surface area contributed by atoms with Gasteiger partial charge in [0, 0.05) is 32.9 Å². The number of anilines is 1. The minimum Gasteiger partial charge on any atom is -0.385 e. The molecule has 21 heavy (non-hydrogen) atoms. The number of nitrogens with one attached hydrogen (secondary N) is 1. The average molecular weight is 314 g/mol. The van der Waals surface area contributed by atoms with Crippen LogP contribution in [0, 0.1) is 13.8 Å².